The van der Waals surface area contributed by atoms with E-state index in [-0.39, 0.29) is 11.3 Å². The van der Waals surface area contributed by atoms with E-state index in [1.54, 1.807) is 12.5 Å². The largest absolute Gasteiger partial charge is 0.381 e. The van der Waals surface area contributed by atoms with E-state index in [4.69, 9.17) is 4.74 Å². The predicted octanol–water partition coefficient (Wildman–Crippen LogP) is 1.21. The summed E-state index contributed by atoms with van der Waals surface area (Å²) in [5.74, 6) is 0.837. The van der Waals surface area contributed by atoms with Crippen molar-refractivity contribution in [2.24, 2.45) is 11.3 Å². The van der Waals surface area contributed by atoms with Crippen molar-refractivity contribution in [3.8, 4) is 0 Å². The van der Waals surface area contributed by atoms with E-state index in [9.17, 15) is 4.79 Å². The molecule has 1 saturated heterocycles. The van der Waals surface area contributed by atoms with Crippen LogP contribution >= 0.6 is 0 Å². The highest BCUT2D eigenvalue weighted by molar-refractivity contribution is 5.85. The molecular formula is C14H21N3O2. The first-order chi connectivity index (χ1) is 9.28. The number of amides is 1. The second-order valence-electron chi connectivity index (χ2n) is 5.79. The fraction of sp³-hybridized carbons (Fsp3) is 0.714. The minimum Gasteiger partial charge on any atom is -0.381 e. The lowest BCUT2D eigenvalue weighted by molar-refractivity contribution is -0.126. The Morgan fingerprint density at radius 3 is 3.05 bits per heavy atom. The number of imidazole rings is 1. The number of nitrogens with one attached hydrogen (secondary N) is 1. The average molecular weight is 263 g/mol. The van der Waals surface area contributed by atoms with Gasteiger partial charge in [0.1, 0.15) is 0 Å². The zero-order chi connectivity index (χ0) is 13.1. The Balaban J connectivity index is 1.44. The Morgan fingerprint density at radius 2 is 2.42 bits per heavy atom. The van der Waals surface area contributed by atoms with Gasteiger partial charge in [-0.05, 0) is 31.6 Å². The number of hydrogen-bond acceptors (Lipinski definition) is 3. The van der Waals surface area contributed by atoms with Crippen molar-refractivity contribution in [1.82, 2.24) is 14.9 Å². The van der Waals surface area contributed by atoms with Crippen LogP contribution in [0.25, 0.3) is 0 Å². The summed E-state index contributed by atoms with van der Waals surface area (Å²) in [6.45, 7) is 3.27. The van der Waals surface area contributed by atoms with Crippen LogP contribution in [0.15, 0.2) is 18.7 Å². The van der Waals surface area contributed by atoms with E-state index in [1.807, 2.05) is 10.8 Å². The Morgan fingerprint density at radius 1 is 1.53 bits per heavy atom. The molecule has 104 valence electrons. The standard InChI is InChI=1S/C14H21N3O2/c18-13(16-5-1-12-2-8-19-9-12)14(3-4-14)10-17-7-6-15-11-17/h6-7,11-12H,1-5,8-10H2,(H,16,18)/t12-/m0/s1. The molecule has 2 heterocycles. The molecule has 1 saturated carbocycles. The van der Waals surface area contributed by atoms with E-state index in [0.717, 1.165) is 52.0 Å². The second-order valence-corrected chi connectivity index (χ2v) is 5.79. The van der Waals surface area contributed by atoms with E-state index < -0.39 is 0 Å². The van der Waals surface area contributed by atoms with Gasteiger partial charge in [0, 0.05) is 38.7 Å². The lowest BCUT2D eigenvalue weighted by Crippen LogP contribution is -2.35. The Bertz CT molecular complexity index is 420. The fourth-order valence-corrected chi connectivity index (χ4v) is 2.73. The van der Waals surface area contributed by atoms with Crippen molar-refractivity contribution in [3.63, 3.8) is 0 Å². The number of nitrogens with zero attached hydrogens (tertiary/aromatic N) is 2. The predicted molar refractivity (Wildman–Crippen MR) is 70.4 cm³/mol. The number of carbonyl (C=O) groups is 1. The molecule has 19 heavy (non-hydrogen) atoms. The molecule has 1 amide bonds. The monoisotopic (exact) mass is 263 g/mol. The van der Waals surface area contributed by atoms with Crippen molar-refractivity contribution >= 4 is 5.91 Å². The smallest absolute Gasteiger partial charge is 0.228 e. The Hall–Kier alpha value is -1.36. The van der Waals surface area contributed by atoms with E-state index in [2.05, 4.69) is 10.3 Å². The molecule has 0 aromatic carbocycles. The van der Waals surface area contributed by atoms with Gasteiger partial charge in [0.25, 0.3) is 0 Å². The van der Waals surface area contributed by atoms with Crippen molar-refractivity contribution in [2.75, 3.05) is 19.8 Å². The molecule has 1 aliphatic carbocycles. The third kappa shape index (κ3) is 2.97. The van der Waals surface area contributed by atoms with Crippen molar-refractivity contribution in [2.45, 2.75) is 32.2 Å². The second kappa shape index (κ2) is 5.33. The van der Waals surface area contributed by atoms with Crippen LogP contribution in [-0.4, -0.2) is 35.2 Å². The van der Waals surface area contributed by atoms with E-state index in [0.29, 0.717) is 5.92 Å². The zero-order valence-electron chi connectivity index (χ0n) is 11.2. The van der Waals surface area contributed by atoms with Crippen molar-refractivity contribution in [3.05, 3.63) is 18.7 Å². The third-order valence-corrected chi connectivity index (χ3v) is 4.24. The summed E-state index contributed by atoms with van der Waals surface area (Å²) in [6.07, 6.45) is 9.61. The lowest BCUT2D eigenvalue weighted by Gasteiger charge is -2.16. The molecule has 1 aromatic rings. The summed E-state index contributed by atoms with van der Waals surface area (Å²) in [5.41, 5.74) is -0.174. The topological polar surface area (TPSA) is 56.1 Å². The first-order valence-corrected chi connectivity index (χ1v) is 7.10. The fourth-order valence-electron chi connectivity index (χ4n) is 2.73. The molecule has 5 nitrogen and oxygen atoms in total. The highest BCUT2D eigenvalue weighted by atomic mass is 16.5. The molecule has 1 N–H and O–H groups in total. The van der Waals surface area contributed by atoms with Crippen LogP contribution in [0, 0.1) is 11.3 Å². The number of ether oxygens (including phenoxy) is 1. The number of carbonyl (C=O) groups excluding carboxylic acids is 1. The van der Waals surface area contributed by atoms with Crippen LogP contribution in [0.1, 0.15) is 25.7 Å². The highest BCUT2D eigenvalue weighted by Crippen LogP contribution is 2.47. The summed E-state index contributed by atoms with van der Waals surface area (Å²) in [6, 6.07) is 0. The third-order valence-electron chi connectivity index (χ3n) is 4.24. The normalized spacial score (nSPS) is 24.3. The Kier molecular flexibility index (Phi) is 3.55. The van der Waals surface area contributed by atoms with Gasteiger partial charge in [-0.1, -0.05) is 0 Å². The molecule has 1 atom stereocenters. The molecule has 0 unspecified atom stereocenters. The van der Waals surface area contributed by atoms with Crippen LogP contribution in [0.4, 0.5) is 0 Å². The molecule has 2 fully saturated rings. The van der Waals surface area contributed by atoms with Gasteiger partial charge in [-0.15, -0.1) is 0 Å². The molecule has 5 heteroatoms. The number of rotatable bonds is 6. The van der Waals surface area contributed by atoms with Crippen molar-refractivity contribution in [1.29, 1.82) is 0 Å². The summed E-state index contributed by atoms with van der Waals surface area (Å²) >= 11 is 0. The summed E-state index contributed by atoms with van der Waals surface area (Å²) in [5, 5.41) is 3.10. The molecule has 0 spiro atoms. The maximum atomic E-state index is 12.3. The quantitative estimate of drug-likeness (QED) is 0.839. The number of hydrogen-bond donors (Lipinski definition) is 1. The molecule has 1 aromatic heterocycles. The minimum atomic E-state index is -0.174. The van der Waals surface area contributed by atoms with E-state index >= 15 is 0 Å². The van der Waals surface area contributed by atoms with Crippen LogP contribution in [0.3, 0.4) is 0 Å². The van der Waals surface area contributed by atoms with Gasteiger partial charge in [-0.2, -0.15) is 0 Å². The first kappa shape index (κ1) is 12.7. The summed E-state index contributed by atoms with van der Waals surface area (Å²) < 4.78 is 7.34. The Labute approximate surface area is 113 Å². The number of aromatic nitrogens is 2. The maximum absolute atomic E-state index is 12.3. The summed E-state index contributed by atoms with van der Waals surface area (Å²) in [7, 11) is 0. The molecule has 0 bridgehead atoms. The van der Waals surface area contributed by atoms with Crippen LogP contribution < -0.4 is 5.32 Å². The molecule has 1 aliphatic heterocycles. The van der Waals surface area contributed by atoms with Crippen LogP contribution in [-0.2, 0) is 16.1 Å². The molecule has 3 rings (SSSR count). The van der Waals surface area contributed by atoms with Gasteiger partial charge in [0.15, 0.2) is 0 Å². The van der Waals surface area contributed by atoms with Crippen LogP contribution in [0.2, 0.25) is 0 Å². The van der Waals surface area contributed by atoms with E-state index in [1.165, 1.54) is 0 Å². The molecular weight excluding hydrogens is 242 g/mol. The van der Waals surface area contributed by atoms with Gasteiger partial charge in [-0.25, -0.2) is 4.98 Å². The van der Waals surface area contributed by atoms with Gasteiger partial charge >= 0.3 is 0 Å². The average Bonchev–Trinajstić information content (AvgIpc) is 2.83. The van der Waals surface area contributed by atoms with Gasteiger partial charge in [0.2, 0.25) is 5.91 Å². The van der Waals surface area contributed by atoms with Gasteiger partial charge < -0.3 is 14.6 Å². The molecule has 2 aliphatic rings. The maximum Gasteiger partial charge on any atom is 0.228 e. The highest BCUT2D eigenvalue weighted by Gasteiger charge is 2.49. The molecule has 0 radical (unpaired) electrons. The lowest BCUT2D eigenvalue weighted by atomic mass is 10.0. The van der Waals surface area contributed by atoms with Gasteiger partial charge in [0.05, 0.1) is 11.7 Å². The zero-order valence-corrected chi connectivity index (χ0v) is 11.2. The SMILES string of the molecule is O=C(NCC[C@H]1CCOC1)C1(Cn2ccnc2)CC1. The van der Waals surface area contributed by atoms with Crippen LogP contribution in [0.5, 0.6) is 0 Å². The summed E-state index contributed by atoms with van der Waals surface area (Å²) in [4.78, 5) is 16.3. The van der Waals surface area contributed by atoms with Crippen molar-refractivity contribution < 1.29 is 9.53 Å². The first-order valence-electron chi connectivity index (χ1n) is 7.10. The van der Waals surface area contributed by atoms with Gasteiger partial charge in [-0.3, -0.25) is 4.79 Å². The minimum absolute atomic E-state index is 0.174.